The Hall–Kier alpha value is -1.54. The smallest absolute Gasteiger partial charge is 0.338 e. The molecule has 0 aliphatic heterocycles. The maximum absolute atomic E-state index is 13.7. The van der Waals surface area contributed by atoms with Gasteiger partial charge < -0.3 is 28.1 Å². The molecule has 0 heterocycles. The molecular weight excluding hydrogens is 676 g/mol. The Labute approximate surface area is 299 Å². The molecule has 10 nitrogen and oxygen atoms in total. The number of amides is 1. The second-order valence-electron chi connectivity index (χ2n) is 16.2. The normalized spacial score (nSPS) is 33.1. The van der Waals surface area contributed by atoms with Gasteiger partial charge in [-0.2, -0.15) is 0 Å². The van der Waals surface area contributed by atoms with Crippen LogP contribution in [0, 0.1) is 46.3 Å². The number of rotatable bonds is 14. The predicted octanol–water partition coefficient (Wildman–Crippen LogP) is 9.01. The molecule has 1 N–H and O–H groups in total. The summed E-state index contributed by atoms with van der Waals surface area (Å²) in [5, 5.41) is 2.79. The lowest BCUT2D eigenvalue weighted by atomic mass is 9.44. The Balaban J connectivity index is 1.27. The fourth-order valence-corrected chi connectivity index (χ4v) is 13.2. The third kappa shape index (κ3) is 8.01. The maximum atomic E-state index is 13.7. The number of nitrogens with one attached hydrogen (secondary N) is 1. The third-order valence-corrected chi connectivity index (χ3v) is 17.6. The average molecular weight is 738 g/mol. The SMILES string of the molecule is CNC(=O)CC[C@@H](C)[C@H]1CC[C@H]2[C@@H]3CC[C@@H]4C[C@H](OC(=O)c5cc(CP(=O)(OC)OC)cc(CP(=O)(OC)OC)c5)CC[C@]4(C)[C@H]3CC[C@]12C. The van der Waals surface area contributed by atoms with E-state index in [-0.39, 0.29) is 29.7 Å². The minimum atomic E-state index is -3.44. The van der Waals surface area contributed by atoms with Crippen LogP contribution < -0.4 is 5.32 Å². The Morgan fingerprint density at radius 3 is 1.98 bits per heavy atom. The second-order valence-corrected chi connectivity index (χ2v) is 20.7. The van der Waals surface area contributed by atoms with E-state index in [9.17, 15) is 18.7 Å². The monoisotopic (exact) mass is 737 g/mol. The maximum Gasteiger partial charge on any atom is 0.338 e. The summed E-state index contributed by atoms with van der Waals surface area (Å²) >= 11 is 0. The standard InChI is InChI=1S/C38H61NO9P2/c1-25(9-14-35(40)39-4)32-12-13-33-31-11-10-29-22-30(15-17-37(29,2)34(31)16-18-38(32,33)3)48-36(41)28-20-26(23-49(42,44-5)45-6)19-27(21-28)24-50(43,46-7)47-8/h19-21,25,29-34H,9-18,22-24H2,1-8H3,(H,39,40)/t25-,29-,30-,31+,32-,33+,34+,37+,38-/m1/s1. The van der Waals surface area contributed by atoms with E-state index in [1.165, 1.54) is 67.0 Å². The summed E-state index contributed by atoms with van der Waals surface area (Å²) in [6, 6.07) is 5.04. The number of hydrogen-bond donors (Lipinski definition) is 1. The Morgan fingerprint density at radius 1 is 0.820 bits per heavy atom. The summed E-state index contributed by atoms with van der Waals surface area (Å²) < 4.78 is 52.9. The lowest BCUT2D eigenvalue weighted by Gasteiger charge is -2.61. The molecule has 0 aromatic heterocycles. The molecule has 0 spiro atoms. The zero-order valence-corrected chi connectivity index (χ0v) is 33.3. The molecule has 0 saturated heterocycles. The summed E-state index contributed by atoms with van der Waals surface area (Å²) in [5.41, 5.74) is 2.00. The molecule has 0 bridgehead atoms. The molecule has 4 fully saturated rings. The first kappa shape index (κ1) is 39.7. The molecule has 4 aliphatic rings. The topological polar surface area (TPSA) is 126 Å². The van der Waals surface area contributed by atoms with Gasteiger partial charge in [0.25, 0.3) is 0 Å². The Morgan fingerprint density at radius 2 is 1.40 bits per heavy atom. The number of esters is 1. The number of hydrogen-bond acceptors (Lipinski definition) is 9. The van der Waals surface area contributed by atoms with Crippen molar-refractivity contribution in [2.45, 2.75) is 110 Å². The van der Waals surface area contributed by atoms with Gasteiger partial charge >= 0.3 is 21.2 Å². The Bertz CT molecular complexity index is 1420. The molecule has 282 valence electrons. The highest BCUT2D eigenvalue weighted by Gasteiger charge is 2.60. The first-order chi connectivity index (χ1) is 23.7. The Kier molecular flexibility index (Phi) is 12.6. The van der Waals surface area contributed by atoms with Crippen molar-refractivity contribution in [2.24, 2.45) is 46.3 Å². The van der Waals surface area contributed by atoms with Gasteiger partial charge in [-0.1, -0.05) is 26.8 Å². The fraction of sp³-hybridized carbons (Fsp3) is 0.789. The molecule has 1 aromatic rings. The summed E-state index contributed by atoms with van der Waals surface area (Å²) in [7, 11) is 0.160. The van der Waals surface area contributed by atoms with Crippen molar-refractivity contribution >= 4 is 27.1 Å². The second kappa shape index (κ2) is 15.8. The fourth-order valence-electron chi connectivity index (χ4n) is 11.1. The van der Waals surface area contributed by atoms with E-state index in [4.69, 9.17) is 22.8 Å². The van der Waals surface area contributed by atoms with Gasteiger partial charge in [0.2, 0.25) is 5.91 Å². The molecule has 5 rings (SSSR count). The van der Waals surface area contributed by atoms with Gasteiger partial charge in [0.15, 0.2) is 0 Å². The van der Waals surface area contributed by atoms with E-state index >= 15 is 0 Å². The molecule has 0 unspecified atom stereocenters. The van der Waals surface area contributed by atoms with Crippen LogP contribution in [0.3, 0.4) is 0 Å². The zero-order valence-electron chi connectivity index (χ0n) is 31.5. The summed E-state index contributed by atoms with van der Waals surface area (Å²) in [4.78, 5) is 25.7. The van der Waals surface area contributed by atoms with Crippen LogP contribution in [0.1, 0.15) is 113 Å². The lowest BCUT2D eigenvalue weighted by molar-refractivity contribution is -0.131. The highest BCUT2D eigenvalue weighted by atomic mass is 31.2. The van der Waals surface area contributed by atoms with Gasteiger partial charge in [0.1, 0.15) is 6.10 Å². The number of benzene rings is 1. The van der Waals surface area contributed by atoms with Crippen molar-refractivity contribution in [3.8, 4) is 0 Å². The van der Waals surface area contributed by atoms with Crippen molar-refractivity contribution < 1.29 is 41.6 Å². The molecule has 1 aromatic carbocycles. The van der Waals surface area contributed by atoms with Crippen LogP contribution in [-0.4, -0.2) is 53.5 Å². The lowest BCUT2D eigenvalue weighted by Crippen LogP contribution is -2.54. The average Bonchev–Trinajstić information content (AvgIpc) is 3.47. The molecule has 9 atom stereocenters. The number of carbonyl (C=O) groups is 2. The van der Waals surface area contributed by atoms with Gasteiger partial charge in [-0.3, -0.25) is 13.9 Å². The van der Waals surface area contributed by atoms with Crippen LogP contribution in [-0.2, 0) is 49.1 Å². The van der Waals surface area contributed by atoms with Gasteiger partial charge in [0.05, 0.1) is 17.9 Å². The van der Waals surface area contributed by atoms with Crippen LogP contribution in [0.2, 0.25) is 0 Å². The number of ether oxygens (including phenoxy) is 1. The molecule has 4 aliphatic carbocycles. The number of fused-ring (bicyclic) bond motifs is 5. The van der Waals surface area contributed by atoms with Crippen LogP contribution >= 0.6 is 15.2 Å². The van der Waals surface area contributed by atoms with E-state index in [1.54, 1.807) is 25.2 Å². The van der Waals surface area contributed by atoms with Gasteiger partial charge in [0, 0.05) is 41.9 Å². The minimum absolute atomic E-state index is 0.0551. The van der Waals surface area contributed by atoms with E-state index < -0.39 is 21.2 Å². The van der Waals surface area contributed by atoms with Crippen LogP contribution in [0.5, 0.6) is 0 Å². The van der Waals surface area contributed by atoms with E-state index in [2.05, 4.69) is 26.1 Å². The van der Waals surface area contributed by atoms with Gasteiger partial charge in [-0.05, 0) is 134 Å². The largest absolute Gasteiger partial charge is 0.459 e. The van der Waals surface area contributed by atoms with Crippen molar-refractivity contribution in [3.05, 3.63) is 34.9 Å². The summed E-state index contributed by atoms with van der Waals surface area (Å²) in [6.45, 7) is 7.47. The van der Waals surface area contributed by atoms with E-state index in [0.29, 0.717) is 52.2 Å². The van der Waals surface area contributed by atoms with Crippen molar-refractivity contribution in [2.75, 3.05) is 35.5 Å². The van der Waals surface area contributed by atoms with Crippen molar-refractivity contribution in [1.29, 1.82) is 0 Å². The summed E-state index contributed by atoms with van der Waals surface area (Å²) in [6.07, 6.45) is 11.6. The molecule has 4 saturated carbocycles. The van der Waals surface area contributed by atoms with Crippen LogP contribution in [0.25, 0.3) is 0 Å². The molecule has 1 amide bonds. The van der Waals surface area contributed by atoms with Gasteiger partial charge in [-0.25, -0.2) is 4.79 Å². The first-order valence-electron chi connectivity index (χ1n) is 18.6. The van der Waals surface area contributed by atoms with Crippen LogP contribution in [0.15, 0.2) is 18.2 Å². The number of carbonyl (C=O) groups excluding carboxylic acids is 2. The minimum Gasteiger partial charge on any atom is -0.459 e. The van der Waals surface area contributed by atoms with Crippen molar-refractivity contribution in [1.82, 2.24) is 5.32 Å². The molecule has 50 heavy (non-hydrogen) atoms. The van der Waals surface area contributed by atoms with E-state index in [0.717, 1.165) is 37.5 Å². The van der Waals surface area contributed by atoms with Crippen LogP contribution in [0.4, 0.5) is 0 Å². The van der Waals surface area contributed by atoms with Gasteiger partial charge in [-0.15, -0.1) is 0 Å². The summed E-state index contributed by atoms with van der Waals surface area (Å²) in [5.74, 6) is 3.65. The first-order valence-corrected chi connectivity index (χ1v) is 22.1. The highest BCUT2D eigenvalue weighted by molar-refractivity contribution is 7.53. The van der Waals surface area contributed by atoms with Crippen molar-refractivity contribution in [3.63, 3.8) is 0 Å². The quantitative estimate of drug-likeness (QED) is 0.147. The predicted molar refractivity (Wildman–Crippen MR) is 194 cm³/mol. The molecule has 12 heteroatoms. The zero-order chi connectivity index (χ0) is 36.5. The molecule has 0 radical (unpaired) electrons. The third-order valence-electron chi connectivity index (χ3n) is 13.9. The molecular formula is C38H61NO9P2. The van der Waals surface area contributed by atoms with E-state index in [1.807, 2.05) is 0 Å². The highest BCUT2D eigenvalue weighted by Crippen LogP contribution is 2.68.